The Kier molecular flexibility index (Phi) is 3.49. The van der Waals surface area contributed by atoms with E-state index in [4.69, 9.17) is 5.11 Å². The van der Waals surface area contributed by atoms with E-state index in [0.29, 0.717) is 19.5 Å². The van der Waals surface area contributed by atoms with Crippen molar-refractivity contribution >= 4 is 5.91 Å². The first-order chi connectivity index (χ1) is 5.74. The third kappa shape index (κ3) is 2.46. The Hall–Kier alpha value is -0.610. The molecule has 1 aliphatic rings. The molecule has 1 amide bonds. The van der Waals surface area contributed by atoms with Crippen molar-refractivity contribution in [1.29, 1.82) is 0 Å². The van der Waals surface area contributed by atoms with Crippen molar-refractivity contribution in [3.8, 4) is 0 Å². The Morgan fingerprint density at radius 3 is 3.00 bits per heavy atom. The van der Waals surface area contributed by atoms with Gasteiger partial charge in [-0.15, -0.1) is 0 Å². The summed E-state index contributed by atoms with van der Waals surface area (Å²) < 4.78 is 0. The summed E-state index contributed by atoms with van der Waals surface area (Å²) in [7, 11) is 0. The summed E-state index contributed by atoms with van der Waals surface area (Å²) >= 11 is 0. The molecular formula is C8H16N2O2. The fraction of sp³-hybridized carbons (Fsp3) is 0.875. The summed E-state index contributed by atoms with van der Waals surface area (Å²) in [6.45, 7) is 4.98. The van der Waals surface area contributed by atoms with Crippen LogP contribution in [0.15, 0.2) is 0 Å². The largest absolute Gasteiger partial charge is 0.391 e. The zero-order valence-electron chi connectivity index (χ0n) is 7.42. The Morgan fingerprint density at radius 1 is 1.75 bits per heavy atom. The smallest absolute Gasteiger partial charge is 0.225 e. The molecule has 0 saturated carbocycles. The minimum Gasteiger partial charge on any atom is -0.391 e. The molecule has 2 N–H and O–H groups in total. The normalized spacial score (nSPS) is 23.7. The molecule has 1 unspecified atom stereocenters. The van der Waals surface area contributed by atoms with Gasteiger partial charge in [0.05, 0.1) is 12.5 Å². The van der Waals surface area contributed by atoms with Crippen LogP contribution in [-0.4, -0.2) is 48.2 Å². The highest BCUT2D eigenvalue weighted by molar-refractivity contribution is 5.78. The SMILES string of the molecule is CCNCCN1CC(O)CC1=O. The van der Waals surface area contributed by atoms with Crippen LogP contribution in [0.2, 0.25) is 0 Å². The van der Waals surface area contributed by atoms with Gasteiger partial charge >= 0.3 is 0 Å². The topological polar surface area (TPSA) is 52.6 Å². The van der Waals surface area contributed by atoms with Gasteiger partial charge in [-0.25, -0.2) is 0 Å². The van der Waals surface area contributed by atoms with Crippen LogP contribution in [0.25, 0.3) is 0 Å². The summed E-state index contributed by atoms with van der Waals surface area (Å²) in [6.07, 6.45) is -0.148. The van der Waals surface area contributed by atoms with Crippen molar-refractivity contribution in [3.63, 3.8) is 0 Å². The lowest BCUT2D eigenvalue weighted by Gasteiger charge is -2.15. The number of carbonyl (C=O) groups is 1. The van der Waals surface area contributed by atoms with E-state index in [1.54, 1.807) is 4.90 Å². The van der Waals surface area contributed by atoms with E-state index in [1.165, 1.54) is 0 Å². The van der Waals surface area contributed by atoms with E-state index < -0.39 is 6.10 Å². The second kappa shape index (κ2) is 4.42. The van der Waals surface area contributed by atoms with Crippen molar-refractivity contribution in [2.75, 3.05) is 26.2 Å². The summed E-state index contributed by atoms with van der Waals surface area (Å²) in [4.78, 5) is 12.8. The Morgan fingerprint density at radius 2 is 2.50 bits per heavy atom. The first kappa shape index (κ1) is 9.48. The van der Waals surface area contributed by atoms with Gasteiger partial charge in [0.25, 0.3) is 0 Å². The molecule has 1 atom stereocenters. The summed E-state index contributed by atoms with van der Waals surface area (Å²) in [5, 5.41) is 12.3. The molecule has 70 valence electrons. The van der Waals surface area contributed by atoms with Crippen molar-refractivity contribution in [1.82, 2.24) is 10.2 Å². The molecule has 12 heavy (non-hydrogen) atoms. The number of hydrogen-bond acceptors (Lipinski definition) is 3. The van der Waals surface area contributed by atoms with Crippen LogP contribution in [0, 0.1) is 0 Å². The zero-order chi connectivity index (χ0) is 8.97. The van der Waals surface area contributed by atoms with Gasteiger partial charge in [-0.3, -0.25) is 4.79 Å². The van der Waals surface area contributed by atoms with Gasteiger partial charge in [0.15, 0.2) is 0 Å². The third-order valence-corrected chi connectivity index (χ3v) is 2.00. The molecule has 1 aliphatic heterocycles. The molecule has 0 aromatic rings. The van der Waals surface area contributed by atoms with Gasteiger partial charge in [0, 0.05) is 19.6 Å². The van der Waals surface area contributed by atoms with Crippen LogP contribution in [0.4, 0.5) is 0 Å². The minimum absolute atomic E-state index is 0.0698. The molecule has 0 aliphatic carbocycles. The number of carbonyl (C=O) groups excluding carboxylic acids is 1. The number of hydrogen-bond donors (Lipinski definition) is 2. The number of nitrogens with zero attached hydrogens (tertiary/aromatic N) is 1. The Labute approximate surface area is 72.6 Å². The standard InChI is InChI=1S/C8H16N2O2/c1-2-9-3-4-10-6-7(11)5-8(10)12/h7,9,11H,2-6H2,1H3. The van der Waals surface area contributed by atoms with Crippen LogP contribution in [-0.2, 0) is 4.79 Å². The quantitative estimate of drug-likeness (QED) is 0.545. The number of rotatable bonds is 4. The fourth-order valence-electron chi connectivity index (χ4n) is 1.36. The highest BCUT2D eigenvalue weighted by Crippen LogP contribution is 2.09. The number of aliphatic hydroxyl groups excluding tert-OH is 1. The number of likely N-dealkylation sites (N-methyl/N-ethyl adjacent to an activating group) is 1. The van der Waals surface area contributed by atoms with Gasteiger partial charge in [0.2, 0.25) is 5.91 Å². The number of aliphatic hydroxyl groups is 1. The van der Waals surface area contributed by atoms with Crippen LogP contribution < -0.4 is 5.32 Å². The number of β-amino-alcohol motifs (C(OH)–C–C–N with tert-alkyl or cyclic N) is 1. The van der Waals surface area contributed by atoms with Gasteiger partial charge < -0.3 is 15.3 Å². The molecule has 4 nitrogen and oxygen atoms in total. The summed E-state index contributed by atoms with van der Waals surface area (Å²) in [6, 6.07) is 0. The lowest BCUT2D eigenvalue weighted by Crippen LogP contribution is -2.33. The van der Waals surface area contributed by atoms with E-state index in [2.05, 4.69) is 5.32 Å². The third-order valence-electron chi connectivity index (χ3n) is 2.00. The molecule has 1 heterocycles. The first-order valence-electron chi connectivity index (χ1n) is 4.40. The maximum absolute atomic E-state index is 11.1. The van der Waals surface area contributed by atoms with Crippen LogP contribution in [0.5, 0.6) is 0 Å². The van der Waals surface area contributed by atoms with E-state index >= 15 is 0 Å². The molecule has 1 rings (SSSR count). The van der Waals surface area contributed by atoms with Gasteiger partial charge in [-0.1, -0.05) is 6.92 Å². The van der Waals surface area contributed by atoms with E-state index in [-0.39, 0.29) is 5.91 Å². The molecular weight excluding hydrogens is 156 g/mol. The summed E-state index contributed by atoms with van der Waals surface area (Å²) in [5.41, 5.74) is 0. The molecule has 0 spiro atoms. The van der Waals surface area contributed by atoms with Gasteiger partial charge in [-0.05, 0) is 6.54 Å². The minimum atomic E-state index is -0.445. The summed E-state index contributed by atoms with van der Waals surface area (Å²) in [5.74, 6) is 0.0698. The fourth-order valence-corrected chi connectivity index (χ4v) is 1.36. The molecule has 0 bridgehead atoms. The van der Waals surface area contributed by atoms with Crippen molar-refractivity contribution in [2.24, 2.45) is 0 Å². The molecule has 4 heteroatoms. The highest BCUT2D eigenvalue weighted by Gasteiger charge is 2.26. The number of nitrogens with one attached hydrogen (secondary N) is 1. The van der Waals surface area contributed by atoms with Crippen molar-refractivity contribution in [2.45, 2.75) is 19.4 Å². The van der Waals surface area contributed by atoms with E-state index in [9.17, 15) is 4.79 Å². The number of likely N-dealkylation sites (tertiary alicyclic amines) is 1. The van der Waals surface area contributed by atoms with Crippen molar-refractivity contribution in [3.05, 3.63) is 0 Å². The molecule has 1 saturated heterocycles. The first-order valence-corrected chi connectivity index (χ1v) is 4.40. The Balaban J connectivity index is 2.19. The average molecular weight is 172 g/mol. The van der Waals surface area contributed by atoms with Crippen LogP contribution >= 0.6 is 0 Å². The van der Waals surface area contributed by atoms with E-state index in [1.807, 2.05) is 6.92 Å². The van der Waals surface area contributed by atoms with Gasteiger partial charge in [0.1, 0.15) is 0 Å². The van der Waals surface area contributed by atoms with Crippen molar-refractivity contribution < 1.29 is 9.90 Å². The maximum atomic E-state index is 11.1. The molecule has 0 aromatic heterocycles. The maximum Gasteiger partial charge on any atom is 0.225 e. The second-order valence-electron chi connectivity index (χ2n) is 3.05. The average Bonchev–Trinajstić information content (AvgIpc) is 2.31. The highest BCUT2D eigenvalue weighted by atomic mass is 16.3. The van der Waals surface area contributed by atoms with Crippen LogP contribution in [0.3, 0.4) is 0 Å². The molecule has 0 radical (unpaired) electrons. The molecule has 0 aromatic carbocycles. The zero-order valence-corrected chi connectivity index (χ0v) is 7.42. The number of amides is 1. The molecule has 1 fully saturated rings. The second-order valence-corrected chi connectivity index (χ2v) is 3.05. The monoisotopic (exact) mass is 172 g/mol. The Bertz CT molecular complexity index is 161. The van der Waals surface area contributed by atoms with E-state index in [0.717, 1.165) is 13.1 Å². The van der Waals surface area contributed by atoms with Crippen LogP contribution in [0.1, 0.15) is 13.3 Å². The predicted molar refractivity (Wildman–Crippen MR) is 45.7 cm³/mol. The predicted octanol–water partition coefficient (Wildman–Crippen LogP) is -0.811. The van der Waals surface area contributed by atoms with Gasteiger partial charge in [-0.2, -0.15) is 0 Å². The lowest BCUT2D eigenvalue weighted by atomic mass is 10.3. The lowest BCUT2D eigenvalue weighted by molar-refractivity contribution is -0.127.